The van der Waals surface area contributed by atoms with Crippen molar-refractivity contribution in [2.45, 2.75) is 18.9 Å². The number of aliphatic hydroxyl groups excluding tert-OH is 2. The van der Waals surface area contributed by atoms with Gasteiger partial charge >= 0.3 is 0 Å². The molecule has 5 nitrogen and oxygen atoms in total. The Hall–Kier alpha value is -1.17. The van der Waals surface area contributed by atoms with Crippen LogP contribution in [-0.2, 0) is 0 Å². The maximum Gasteiger partial charge on any atom is 0.270 e. The van der Waals surface area contributed by atoms with Gasteiger partial charge in [-0.25, -0.2) is 4.98 Å². The smallest absolute Gasteiger partial charge is 0.270 e. The summed E-state index contributed by atoms with van der Waals surface area (Å²) in [6, 6.07) is 4.68. The lowest BCUT2D eigenvalue weighted by atomic mass is 9.98. The van der Waals surface area contributed by atoms with Gasteiger partial charge in [-0.15, -0.1) is 0 Å². The van der Waals surface area contributed by atoms with Crippen LogP contribution < -0.4 is 5.32 Å². The molecule has 0 fully saturated rings. The van der Waals surface area contributed by atoms with E-state index in [9.17, 15) is 15.0 Å². The van der Waals surface area contributed by atoms with E-state index >= 15 is 0 Å². The Bertz CT molecular complexity index is 386. The molecule has 0 saturated carbocycles. The summed E-state index contributed by atoms with van der Waals surface area (Å²) in [5, 5.41) is 21.2. The van der Waals surface area contributed by atoms with Gasteiger partial charge in [-0.1, -0.05) is 24.6 Å². The number of amides is 1. The summed E-state index contributed by atoms with van der Waals surface area (Å²) in [7, 11) is 0. The second kappa shape index (κ2) is 5.95. The highest BCUT2D eigenvalue weighted by molar-refractivity contribution is 6.29. The summed E-state index contributed by atoms with van der Waals surface area (Å²) < 4.78 is 0. The summed E-state index contributed by atoms with van der Waals surface area (Å²) in [5.74, 6) is -0.475. The average Bonchev–Trinajstić information content (AvgIpc) is 2.36. The maximum atomic E-state index is 11.8. The van der Waals surface area contributed by atoms with Crippen LogP contribution in [0.1, 0.15) is 23.8 Å². The van der Waals surface area contributed by atoms with Crippen molar-refractivity contribution in [2.75, 3.05) is 13.2 Å². The Morgan fingerprint density at radius 3 is 2.59 bits per heavy atom. The van der Waals surface area contributed by atoms with E-state index in [0.29, 0.717) is 6.42 Å². The third-order valence-electron chi connectivity index (χ3n) is 2.61. The predicted molar refractivity (Wildman–Crippen MR) is 63.9 cm³/mol. The SMILES string of the molecule is CCC(CO)(CO)NC(=O)c1cccc(Cl)n1. The molecule has 1 heterocycles. The molecule has 3 N–H and O–H groups in total. The van der Waals surface area contributed by atoms with Gasteiger partial charge in [0.2, 0.25) is 0 Å². The summed E-state index contributed by atoms with van der Waals surface area (Å²) >= 11 is 5.67. The van der Waals surface area contributed by atoms with Gasteiger partial charge in [0, 0.05) is 0 Å². The number of hydrogen-bond acceptors (Lipinski definition) is 4. The summed E-state index contributed by atoms with van der Waals surface area (Å²) in [4.78, 5) is 15.7. The lowest BCUT2D eigenvalue weighted by Gasteiger charge is -2.29. The van der Waals surface area contributed by atoms with Crippen LogP contribution in [0.25, 0.3) is 0 Å². The molecule has 1 aromatic heterocycles. The number of nitrogens with zero attached hydrogens (tertiary/aromatic N) is 1. The number of pyridine rings is 1. The molecule has 0 atom stereocenters. The minimum absolute atomic E-state index is 0.150. The number of halogens is 1. The van der Waals surface area contributed by atoms with Crippen LogP contribution in [0.4, 0.5) is 0 Å². The van der Waals surface area contributed by atoms with Crippen molar-refractivity contribution in [3.05, 3.63) is 29.0 Å². The first-order valence-corrected chi connectivity index (χ1v) is 5.61. The van der Waals surface area contributed by atoms with Gasteiger partial charge < -0.3 is 15.5 Å². The van der Waals surface area contributed by atoms with Gasteiger partial charge in [0.25, 0.3) is 5.91 Å². The molecule has 1 aromatic rings. The highest BCUT2D eigenvalue weighted by Crippen LogP contribution is 2.11. The molecule has 1 rings (SSSR count). The minimum Gasteiger partial charge on any atom is -0.394 e. The molecule has 6 heteroatoms. The van der Waals surface area contributed by atoms with Crippen molar-refractivity contribution in [1.29, 1.82) is 0 Å². The van der Waals surface area contributed by atoms with Gasteiger partial charge in [0.1, 0.15) is 10.8 Å². The first-order valence-electron chi connectivity index (χ1n) is 5.23. The molecule has 1 amide bonds. The quantitative estimate of drug-likeness (QED) is 0.676. The molecule has 0 aliphatic rings. The van der Waals surface area contributed by atoms with Crippen LogP contribution in [0.5, 0.6) is 0 Å². The summed E-state index contributed by atoms with van der Waals surface area (Å²) in [5.41, 5.74) is -0.876. The second-order valence-electron chi connectivity index (χ2n) is 3.75. The van der Waals surface area contributed by atoms with E-state index in [4.69, 9.17) is 11.6 Å². The van der Waals surface area contributed by atoms with Crippen LogP contribution >= 0.6 is 11.6 Å². The van der Waals surface area contributed by atoms with Crippen molar-refractivity contribution in [1.82, 2.24) is 10.3 Å². The number of carbonyl (C=O) groups excluding carboxylic acids is 1. The summed E-state index contributed by atoms with van der Waals surface area (Å²) in [6.07, 6.45) is 0.409. The molecule has 0 aliphatic carbocycles. The topological polar surface area (TPSA) is 82.5 Å². The average molecular weight is 259 g/mol. The van der Waals surface area contributed by atoms with Crippen LogP contribution in [0.2, 0.25) is 5.15 Å². The Balaban J connectivity index is 2.84. The second-order valence-corrected chi connectivity index (χ2v) is 4.14. The van der Waals surface area contributed by atoms with Crippen molar-refractivity contribution in [3.8, 4) is 0 Å². The van der Waals surface area contributed by atoms with Gasteiger partial charge in [-0.05, 0) is 18.6 Å². The molecule has 0 saturated heterocycles. The van der Waals surface area contributed by atoms with Crippen LogP contribution in [0.3, 0.4) is 0 Å². The number of aromatic nitrogens is 1. The van der Waals surface area contributed by atoms with Gasteiger partial charge in [0.15, 0.2) is 0 Å². The largest absolute Gasteiger partial charge is 0.394 e. The zero-order valence-corrected chi connectivity index (χ0v) is 10.2. The predicted octanol–water partition coefficient (Wildman–Crippen LogP) is 0.598. The highest BCUT2D eigenvalue weighted by atomic mass is 35.5. The number of hydrogen-bond donors (Lipinski definition) is 3. The van der Waals surface area contributed by atoms with E-state index < -0.39 is 11.4 Å². The molecule has 0 radical (unpaired) electrons. The number of carbonyl (C=O) groups is 1. The standard InChI is InChI=1S/C11H15ClN2O3/c1-2-11(6-15,7-16)14-10(17)8-4-3-5-9(12)13-8/h3-5,15-16H,2,6-7H2,1H3,(H,14,17). The van der Waals surface area contributed by atoms with Crippen LogP contribution in [-0.4, -0.2) is 39.9 Å². The van der Waals surface area contributed by atoms with E-state index in [1.54, 1.807) is 19.1 Å². The zero-order valence-electron chi connectivity index (χ0n) is 9.48. The van der Waals surface area contributed by atoms with Gasteiger partial charge in [-0.3, -0.25) is 4.79 Å². The first kappa shape index (κ1) is 13.9. The molecule has 0 bridgehead atoms. The summed E-state index contributed by atoms with van der Waals surface area (Å²) in [6.45, 7) is 1.08. The molecule has 0 unspecified atom stereocenters. The minimum atomic E-state index is -1.03. The van der Waals surface area contributed by atoms with Crippen LogP contribution in [0.15, 0.2) is 18.2 Å². The molecule has 0 spiro atoms. The fourth-order valence-corrected chi connectivity index (χ4v) is 1.44. The van der Waals surface area contributed by atoms with E-state index in [1.807, 2.05) is 0 Å². The third kappa shape index (κ3) is 3.39. The first-order chi connectivity index (χ1) is 8.06. The molecule has 17 heavy (non-hydrogen) atoms. The Labute approximate surface area is 104 Å². The highest BCUT2D eigenvalue weighted by Gasteiger charge is 2.29. The lowest BCUT2D eigenvalue weighted by molar-refractivity contribution is 0.0649. The fourth-order valence-electron chi connectivity index (χ4n) is 1.28. The Morgan fingerprint density at radius 2 is 2.12 bits per heavy atom. The molecule has 0 aromatic carbocycles. The van der Waals surface area contributed by atoms with E-state index in [1.165, 1.54) is 6.07 Å². The number of nitrogens with one attached hydrogen (secondary N) is 1. The molecular formula is C11H15ClN2O3. The van der Waals surface area contributed by atoms with Crippen molar-refractivity contribution < 1.29 is 15.0 Å². The normalized spacial score (nSPS) is 11.3. The molecular weight excluding hydrogens is 244 g/mol. The number of aliphatic hydroxyl groups is 2. The number of rotatable bonds is 5. The van der Waals surface area contributed by atoms with Gasteiger partial charge in [-0.2, -0.15) is 0 Å². The third-order valence-corrected chi connectivity index (χ3v) is 2.82. The van der Waals surface area contributed by atoms with E-state index in [0.717, 1.165) is 0 Å². The Morgan fingerprint density at radius 1 is 1.47 bits per heavy atom. The zero-order chi connectivity index (χ0) is 12.9. The molecule has 94 valence electrons. The van der Waals surface area contributed by atoms with Crippen molar-refractivity contribution in [3.63, 3.8) is 0 Å². The van der Waals surface area contributed by atoms with E-state index in [2.05, 4.69) is 10.3 Å². The van der Waals surface area contributed by atoms with Crippen molar-refractivity contribution >= 4 is 17.5 Å². The maximum absolute atomic E-state index is 11.8. The van der Waals surface area contributed by atoms with Gasteiger partial charge in [0.05, 0.1) is 18.8 Å². The Kier molecular flexibility index (Phi) is 4.86. The van der Waals surface area contributed by atoms with Crippen LogP contribution in [0, 0.1) is 0 Å². The monoisotopic (exact) mass is 258 g/mol. The fraction of sp³-hybridized carbons (Fsp3) is 0.455. The molecule has 0 aliphatic heterocycles. The van der Waals surface area contributed by atoms with Crippen molar-refractivity contribution in [2.24, 2.45) is 0 Å². The van der Waals surface area contributed by atoms with E-state index in [-0.39, 0.29) is 24.1 Å². The lowest BCUT2D eigenvalue weighted by Crippen LogP contribution is -2.53.